The molecule has 34 heavy (non-hydrogen) atoms. The Morgan fingerprint density at radius 3 is 2.59 bits per heavy atom. The number of hydrogen-bond acceptors (Lipinski definition) is 6. The average Bonchev–Trinajstić information content (AvgIpc) is 3.42. The zero-order valence-electron chi connectivity index (χ0n) is 18.8. The zero-order chi connectivity index (χ0) is 24.0. The Morgan fingerprint density at radius 2 is 1.85 bits per heavy atom. The summed E-state index contributed by atoms with van der Waals surface area (Å²) in [6, 6.07) is 3.12. The highest BCUT2D eigenvalue weighted by Gasteiger charge is 2.32. The number of aromatic nitrogens is 4. The summed E-state index contributed by atoms with van der Waals surface area (Å²) in [4.78, 5) is 39.1. The third kappa shape index (κ3) is 4.09. The standard InChI is InChI=1S/C23H24F2N6O2S/c1-14(2)21(31-13-26-18-10-16(24)17(25)11-19(18)31)22(33)29-5-3-28(4-6-29)12-15-9-20(32)30-7-8-34-23(30)27-15/h7-11,13-14,21H,3-6,12H2,1-2H3. The van der Waals surface area contributed by atoms with E-state index >= 15 is 0 Å². The van der Waals surface area contributed by atoms with E-state index in [0.717, 1.165) is 12.1 Å². The van der Waals surface area contributed by atoms with E-state index in [0.29, 0.717) is 54.4 Å². The minimum atomic E-state index is -0.966. The van der Waals surface area contributed by atoms with Crippen molar-refractivity contribution in [3.05, 3.63) is 63.8 Å². The van der Waals surface area contributed by atoms with Crippen LogP contribution in [0.2, 0.25) is 0 Å². The summed E-state index contributed by atoms with van der Waals surface area (Å²) < 4.78 is 30.7. The lowest BCUT2D eigenvalue weighted by Gasteiger charge is -2.37. The first-order valence-electron chi connectivity index (χ1n) is 11.1. The van der Waals surface area contributed by atoms with Crippen LogP contribution in [-0.2, 0) is 11.3 Å². The molecular formula is C23H24F2N6O2S. The van der Waals surface area contributed by atoms with E-state index in [9.17, 15) is 18.4 Å². The lowest BCUT2D eigenvalue weighted by molar-refractivity contribution is -0.137. The molecule has 3 aromatic heterocycles. The van der Waals surface area contributed by atoms with Gasteiger partial charge in [-0.2, -0.15) is 0 Å². The molecule has 8 nitrogen and oxygen atoms in total. The highest BCUT2D eigenvalue weighted by molar-refractivity contribution is 7.15. The zero-order valence-corrected chi connectivity index (χ0v) is 19.6. The third-order valence-corrected chi connectivity index (χ3v) is 6.98. The Balaban J connectivity index is 1.30. The van der Waals surface area contributed by atoms with Crippen LogP contribution in [0.25, 0.3) is 16.0 Å². The summed E-state index contributed by atoms with van der Waals surface area (Å²) in [6.45, 7) is 6.73. The monoisotopic (exact) mass is 486 g/mol. The van der Waals surface area contributed by atoms with Crippen molar-refractivity contribution in [1.82, 2.24) is 28.7 Å². The molecule has 1 saturated heterocycles. The average molecular weight is 487 g/mol. The predicted octanol–water partition coefficient (Wildman–Crippen LogP) is 2.93. The van der Waals surface area contributed by atoms with Gasteiger partial charge in [0.05, 0.1) is 23.1 Å². The van der Waals surface area contributed by atoms with Crippen molar-refractivity contribution in [2.24, 2.45) is 5.92 Å². The molecule has 0 radical (unpaired) electrons. The van der Waals surface area contributed by atoms with Crippen LogP contribution < -0.4 is 5.56 Å². The number of carbonyl (C=O) groups is 1. The lowest BCUT2D eigenvalue weighted by Crippen LogP contribution is -2.50. The molecule has 1 atom stereocenters. The molecule has 11 heteroatoms. The smallest absolute Gasteiger partial charge is 0.258 e. The molecule has 0 saturated carbocycles. The number of piperazine rings is 1. The summed E-state index contributed by atoms with van der Waals surface area (Å²) in [5, 5.41) is 1.83. The number of hydrogen-bond donors (Lipinski definition) is 0. The van der Waals surface area contributed by atoms with Crippen molar-refractivity contribution in [1.29, 1.82) is 0 Å². The number of imidazole rings is 1. The van der Waals surface area contributed by atoms with E-state index in [2.05, 4.69) is 14.9 Å². The predicted molar refractivity (Wildman–Crippen MR) is 125 cm³/mol. The molecule has 1 aromatic carbocycles. The largest absolute Gasteiger partial charge is 0.338 e. The number of benzene rings is 1. The second-order valence-corrected chi connectivity index (χ2v) is 9.71. The van der Waals surface area contributed by atoms with E-state index < -0.39 is 17.7 Å². The Hall–Kier alpha value is -3.18. The van der Waals surface area contributed by atoms with E-state index in [-0.39, 0.29) is 17.4 Å². The van der Waals surface area contributed by atoms with Crippen LogP contribution in [0.1, 0.15) is 25.6 Å². The molecule has 1 amide bonds. The number of carbonyl (C=O) groups excluding carboxylic acids is 1. The van der Waals surface area contributed by atoms with Crippen LogP contribution in [0.4, 0.5) is 8.78 Å². The van der Waals surface area contributed by atoms with Gasteiger partial charge in [-0.3, -0.25) is 18.9 Å². The fourth-order valence-electron chi connectivity index (χ4n) is 4.48. The summed E-state index contributed by atoms with van der Waals surface area (Å²) >= 11 is 1.42. The quantitative estimate of drug-likeness (QED) is 0.434. The summed E-state index contributed by atoms with van der Waals surface area (Å²) in [5.74, 6) is -2.08. The molecule has 178 valence electrons. The van der Waals surface area contributed by atoms with Gasteiger partial charge in [0, 0.05) is 62.5 Å². The van der Waals surface area contributed by atoms with Crippen LogP contribution in [0.5, 0.6) is 0 Å². The van der Waals surface area contributed by atoms with Gasteiger partial charge < -0.3 is 9.47 Å². The Kier molecular flexibility index (Phi) is 5.90. The SMILES string of the molecule is CC(C)C(C(=O)N1CCN(Cc2cc(=O)n3ccsc3n2)CC1)n1cnc2cc(F)c(F)cc21. The molecule has 1 unspecified atom stereocenters. The van der Waals surface area contributed by atoms with Crippen LogP contribution in [0.15, 0.2) is 40.9 Å². The van der Waals surface area contributed by atoms with Gasteiger partial charge in [-0.15, -0.1) is 11.3 Å². The first kappa shape index (κ1) is 22.6. The van der Waals surface area contributed by atoms with Crippen molar-refractivity contribution in [2.45, 2.75) is 26.4 Å². The minimum absolute atomic E-state index is 0.0740. The molecule has 4 heterocycles. The number of halogens is 2. The maximum absolute atomic E-state index is 13.9. The van der Waals surface area contributed by atoms with Gasteiger partial charge in [-0.25, -0.2) is 18.7 Å². The molecule has 1 aliphatic heterocycles. The topological polar surface area (TPSA) is 75.7 Å². The van der Waals surface area contributed by atoms with Crippen molar-refractivity contribution in [2.75, 3.05) is 26.2 Å². The van der Waals surface area contributed by atoms with E-state index in [1.807, 2.05) is 19.2 Å². The number of nitrogens with zero attached hydrogens (tertiary/aromatic N) is 6. The molecule has 0 aliphatic carbocycles. The minimum Gasteiger partial charge on any atom is -0.338 e. The summed E-state index contributed by atoms with van der Waals surface area (Å²) in [5.41, 5.74) is 1.32. The normalized spacial score (nSPS) is 16.1. The third-order valence-electron chi connectivity index (χ3n) is 6.23. The van der Waals surface area contributed by atoms with E-state index in [1.165, 1.54) is 22.1 Å². The molecule has 0 bridgehead atoms. The number of amides is 1. The highest BCUT2D eigenvalue weighted by Crippen LogP contribution is 2.27. The van der Waals surface area contributed by atoms with Crippen LogP contribution in [0.3, 0.4) is 0 Å². The van der Waals surface area contributed by atoms with Crippen LogP contribution >= 0.6 is 11.3 Å². The second kappa shape index (κ2) is 8.88. The van der Waals surface area contributed by atoms with E-state index in [4.69, 9.17) is 0 Å². The van der Waals surface area contributed by atoms with Crippen LogP contribution in [0, 0.1) is 17.6 Å². The summed E-state index contributed by atoms with van der Waals surface area (Å²) in [6.07, 6.45) is 3.19. The van der Waals surface area contributed by atoms with Gasteiger partial charge in [-0.1, -0.05) is 13.8 Å². The Labute approximate surface area is 198 Å². The molecule has 1 fully saturated rings. The fraction of sp³-hybridized carbons (Fsp3) is 0.391. The first-order chi connectivity index (χ1) is 16.3. The van der Waals surface area contributed by atoms with Gasteiger partial charge in [0.2, 0.25) is 5.91 Å². The molecular weight excluding hydrogens is 462 g/mol. The van der Waals surface area contributed by atoms with E-state index in [1.54, 1.807) is 21.7 Å². The molecule has 5 rings (SSSR count). The van der Waals surface area contributed by atoms with Gasteiger partial charge in [0.15, 0.2) is 16.6 Å². The highest BCUT2D eigenvalue weighted by atomic mass is 32.1. The Bertz CT molecular complexity index is 1420. The number of fused-ring (bicyclic) bond motifs is 2. The fourth-order valence-corrected chi connectivity index (χ4v) is 5.22. The van der Waals surface area contributed by atoms with Crippen molar-refractivity contribution >= 4 is 33.2 Å². The van der Waals surface area contributed by atoms with Gasteiger partial charge >= 0.3 is 0 Å². The molecule has 1 aliphatic rings. The van der Waals surface area contributed by atoms with Crippen LogP contribution in [-0.4, -0.2) is 60.8 Å². The molecule has 0 spiro atoms. The second-order valence-electron chi connectivity index (χ2n) is 8.84. The number of rotatable bonds is 5. The van der Waals surface area contributed by atoms with Crippen molar-refractivity contribution in [3.63, 3.8) is 0 Å². The summed E-state index contributed by atoms with van der Waals surface area (Å²) in [7, 11) is 0. The Morgan fingerprint density at radius 1 is 1.12 bits per heavy atom. The molecule has 4 aromatic rings. The lowest BCUT2D eigenvalue weighted by atomic mass is 10.0. The maximum atomic E-state index is 13.9. The van der Waals surface area contributed by atoms with Gasteiger partial charge in [-0.05, 0) is 5.92 Å². The maximum Gasteiger partial charge on any atom is 0.258 e. The van der Waals surface area contributed by atoms with Gasteiger partial charge in [0.1, 0.15) is 6.04 Å². The van der Waals surface area contributed by atoms with Crippen molar-refractivity contribution in [3.8, 4) is 0 Å². The van der Waals surface area contributed by atoms with Crippen molar-refractivity contribution < 1.29 is 13.6 Å². The first-order valence-corrected chi connectivity index (χ1v) is 12.0. The molecule has 0 N–H and O–H groups in total. The van der Waals surface area contributed by atoms with Gasteiger partial charge in [0.25, 0.3) is 5.56 Å². The number of thiazole rings is 1.